The second kappa shape index (κ2) is 12.7. The van der Waals surface area contributed by atoms with E-state index in [9.17, 15) is 14.4 Å². The van der Waals surface area contributed by atoms with Gasteiger partial charge in [0.15, 0.2) is 5.11 Å². The molecule has 9 heteroatoms. The Hall–Kier alpha value is -3.75. The second-order valence-corrected chi connectivity index (χ2v) is 9.63. The van der Waals surface area contributed by atoms with Gasteiger partial charge in [-0.15, -0.1) is 0 Å². The highest BCUT2D eigenvalue weighted by molar-refractivity contribution is 7.80. The number of carbonyl (C=O) groups is 3. The second-order valence-electron chi connectivity index (χ2n) is 8.83. The molecule has 0 spiro atoms. The van der Waals surface area contributed by atoms with Crippen molar-refractivity contribution < 1.29 is 19.1 Å². The van der Waals surface area contributed by atoms with Crippen LogP contribution in [0.1, 0.15) is 34.8 Å². The molecule has 1 fully saturated rings. The van der Waals surface area contributed by atoms with Crippen molar-refractivity contribution in [3.8, 4) is 0 Å². The molecular formula is C29H28ClN3O4S. The van der Waals surface area contributed by atoms with Gasteiger partial charge >= 0.3 is 5.97 Å². The van der Waals surface area contributed by atoms with Crippen LogP contribution in [0.15, 0.2) is 78.9 Å². The fourth-order valence-corrected chi connectivity index (χ4v) is 4.75. The maximum absolute atomic E-state index is 13.5. The van der Waals surface area contributed by atoms with Crippen molar-refractivity contribution in [2.75, 3.05) is 18.5 Å². The number of hydrogen-bond donors (Lipinski definition) is 1. The lowest BCUT2D eigenvalue weighted by molar-refractivity contribution is -0.131. The minimum Gasteiger partial charge on any atom is -0.462 e. The average molecular weight is 550 g/mol. The number of ether oxygens (including phenoxy) is 1. The Balaban J connectivity index is 1.47. The van der Waals surface area contributed by atoms with E-state index in [1.807, 2.05) is 59.5 Å². The summed E-state index contributed by atoms with van der Waals surface area (Å²) in [5.74, 6) is -0.957. The molecule has 1 heterocycles. The third-order valence-corrected chi connectivity index (χ3v) is 6.91. The van der Waals surface area contributed by atoms with E-state index in [0.717, 1.165) is 11.1 Å². The Labute approximate surface area is 232 Å². The highest BCUT2D eigenvalue weighted by Gasteiger charge is 2.43. The van der Waals surface area contributed by atoms with E-state index >= 15 is 0 Å². The molecule has 1 aliphatic rings. The maximum Gasteiger partial charge on any atom is 0.338 e. The van der Waals surface area contributed by atoms with Gasteiger partial charge in [-0.3, -0.25) is 14.5 Å². The summed E-state index contributed by atoms with van der Waals surface area (Å²) in [6.07, 6.45) is 0.571. The smallest absolute Gasteiger partial charge is 0.338 e. The molecule has 0 radical (unpaired) electrons. The summed E-state index contributed by atoms with van der Waals surface area (Å²) in [4.78, 5) is 41.8. The summed E-state index contributed by atoms with van der Waals surface area (Å²) < 4.78 is 4.99. The lowest BCUT2D eigenvalue weighted by Crippen LogP contribution is -2.39. The Kier molecular flexibility index (Phi) is 9.10. The molecule has 2 amide bonds. The van der Waals surface area contributed by atoms with E-state index < -0.39 is 12.0 Å². The van der Waals surface area contributed by atoms with Gasteiger partial charge in [-0.05, 0) is 73.1 Å². The van der Waals surface area contributed by atoms with Crippen LogP contribution in [-0.2, 0) is 27.3 Å². The normalized spacial score (nSPS) is 15.1. The molecule has 3 aromatic carbocycles. The summed E-state index contributed by atoms with van der Waals surface area (Å²) in [6.45, 7) is 2.83. The molecule has 0 aromatic heterocycles. The Morgan fingerprint density at radius 2 is 1.66 bits per heavy atom. The SMILES string of the molecule is CCOC(=O)c1ccc(NC(=O)C[C@H]2C(=O)N(Cc3ccccc3)C(=S)N2CCc2ccc(Cl)cc2)cc1. The predicted octanol–water partition coefficient (Wildman–Crippen LogP) is 5.09. The van der Waals surface area contributed by atoms with Crippen LogP contribution in [-0.4, -0.2) is 51.9 Å². The highest BCUT2D eigenvalue weighted by atomic mass is 35.5. The van der Waals surface area contributed by atoms with Gasteiger partial charge in [-0.1, -0.05) is 54.1 Å². The van der Waals surface area contributed by atoms with E-state index in [4.69, 9.17) is 28.6 Å². The molecule has 7 nitrogen and oxygen atoms in total. The van der Waals surface area contributed by atoms with Gasteiger partial charge in [0.25, 0.3) is 5.91 Å². The molecule has 0 aliphatic carbocycles. The summed E-state index contributed by atoms with van der Waals surface area (Å²) in [7, 11) is 0. The number of carbonyl (C=O) groups excluding carboxylic acids is 3. The van der Waals surface area contributed by atoms with Crippen molar-refractivity contribution >= 4 is 52.4 Å². The Morgan fingerprint density at radius 1 is 0.974 bits per heavy atom. The van der Waals surface area contributed by atoms with Crippen molar-refractivity contribution in [3.63, 3.8) is 0 Å². The Bertz CT molecular complexity index is 1300. The minimum absolute atomic E-state index is 0.0650. The zero-order valence-electron chi connectivity index (χ0n) is 20.9. The molecule has 4 rings (SSSR count). The van der Waals surface area contributed by atoms with E-state index in [1.165, 1.54) is 0 Å². The van der Waals surface area contributed by atoms with Crippen LogP contribution in [0.2, 0.25) is 5.02 Å². The molecule has 3 aromatic rings. The fraction of sp³-hybridized carbons (Fsp3) is 0.241. The first-order valence-corrected chi connectivity index (χ1v) is 13.1. The third kappa shape index (κ3) is 6.76. The number of nitrogens with one attached hydrogen (secondary N) is 1. The number of halogens is 1. The van der Waals surface area contributed by atoms with Gasteiger partial charge in [0.05, 0.1) is 25.1 Å². The van der Waals surface area contributed by atoms with Crippen LogP contribution < -0.4 is 5.32 Å². The lowest BCUT2D eigenvalue weighted by atomic mass is 10.1. The topological polar surface area (TPSA) is 78.9 Å². The zero-order valence-corrected chi connectivity index (χ0v) is 22.5. The quantitative estimate of drug-likeness (QED) is 0.280. The van der Waals surface area contributed by atoms with Gasteiger partial charge in [-0.25, -0.2) is 4.79 Å². The first kappa shape index (κ1) is 27.3. The summed E-state index contributed by atoms with van der Waals surface area (Å²) in [5.41, 5.74) is 2.92. The largest absolute Gasteiger partial charge is 0.462 e. The average Bonchev–Trinajstić information content (AvgIpc) is 3.13. The molecule has 1 N–H and O–H groups in total. The number of thiocarbonyl (C=S) groups is 1. The molecule has 0 unspecified atom stereocenters. The summed E-state index contributed by atoms with van der Waals surface area (Å²) in [5, 5.41) is 3.88. The van der Waals surface area contributed by atoms with Crippen LogP contribution >= 0.6 is 23.8 Å². The lowest BCUT2D eigenvalue weighted by Gasteiger charge is -2.24. The molecule has 38 heavy (non-hydrogen) atoms. The first-order valence-electron chi connectivity index (χ1n) is 12.3. The van der Waals surface area contributed by atoms with Crippen LogP contribution in [0, 0.1) is 0 Å². The van der Waals surface area contributed by atoms with Crippen molar-refractivity contribution in [1.82, 2.24) is 9.80 Å². The molecule has 0 bridgehead atoms. The highest BCUT2D eigenvalue weighted by Crippen LogP contribution is 2.24. The molecule has 1 aliphatic heterocycles. The van der Waals surface area contributed by atoms with Gasteiger partial charge in [0, 0.05) is 17.3 Å². The van der Waals surface area contributed by atoms with Crippen molar-refractivity contribution in [1.29, 1.82) is 0 Å². The van der Waals surface area contributed by atoms with Crippen molar-refractivity contribution in [3.05, 3.63) is 101 Å². The fourth-order valence-electron chi connectivity index (χ4n) is 4.25. The standard InChI is InChI=1S/C29H28ClN3O4S/c1-2-37-28(36)22-10-14-24(15-11-22)31-26(34)18-25-27(35)33(19-21-6-4-3-5-7-21)29(38)32(25)17-16-20-8-12-23(30)13-9-20/h3-15,25H,2,16-19H2,1H3,(H,31,34)/t25-/m0/s1. The molecule has 196 valence electrons. The minimum atomic E-state index is -0.725. The van der Waals surface area contributed by atoms with Gasteiger partial charge in [-0.2, -0.15) is 0 Å². The number of anilines is 1. The van der Waals surface area contributed by atoms with E-state index in [1.54, 1.807) is 36.1 Å². The predicted molar refractivity (Wildman–Crippen MR) is 151 cm³/mol. The van der Waals surface area contributed by atoms with E-state index in [2.05, 4.69) is 5.32 Å². The Morgan fingerprint density at radius 3 is 2.32 bits per heavy atom. The van der Waals surface area contributed by atoms with Crippen LogP contribution in [0.5, 0.6) is 0 Å². The van der Waals surface area contributed by atoms with E-state index in [0.29, 0.717) is 40.9 Å². The molecule has 1 atom stereocenters. The van der Waals surface area contributed by atoms with Gasteiger partial charge in [0.2, 0.25) is 5.91 Å². The number of benzene rings is 3. The van der Waals surface area contributed by atoms with Crippen LogP contribution in [0.25, 0.3) is 0 Å². The maximum atomic E-state index is 13.5. The van der Waals surface area contributed by atoms with Gasteiger partial charge < -0.3 is 15.0 Å². The molecule has 0 saturated carbocycles. The number of esters is 1. The summed E-state index contributed by atoms with van der Waals surface area (Å²) >= 11 is 11.7. The molecular weight excluding hydrogens is 522 g/mol. The van der Waals surface area contributed by atoms with Crippen molar-refractivity contribution in [2.24, 2.45) is 0 Å². The first-order chi connectivity index (χ1) is 18.4. The monoisotopic (exact) mass is 549 g/mol. The van der Waals surface area contributed by atoms with E-state index in [-0.39, 0.29) is 24.8 Å². The number of nitrogens with zero attached hydrogens (tertiary/aromatic N) is 2. The summed E-state index contributed by atoms with van der Waals surface area (Å²) in [6, 6.07) is 22.8. The number of amides is 2. The van der Waals surface area contributed by atoms with Crippen LogP contribution in [0.3, 0.4) is 0 Å². The van der Waals surface area contributed by atoms with Crippen LogP contribution in [0.4, 0.5) is 5.69 Å². The molecule has 1 saturated heterocycles. The third-order valence-electron chi connectivity index (χ3n) is 6.20. The van der Waals surface area contributed by atoms with Crippen molar-refractivity contribution in [2.45, 2.75) is 32.4 Å². The van der Waals surface area contributed by atoms with Gasteiger partial charge in [0.1, 0.15) is 6.04 Å². The number of hydrogen-bond acceptors (Lipinski definition) is 5. The number of rotatable bonds is 10. The zero-order chi connectivity index (χ0) is 27.1.